The minimum atomic E-state index is 0.835. The predicted octanol–water partition coefficient (Wildman–Crippen LogP) is 3.35. The van der Waals surface area contributed by atoms with Crippen molar-refractivity contribution < 1.29 is 4.74 Å². The first-order chi connectivity index (χ1) is 12.8. The van der Waals surface area contributed by atoms with E-state index in [2.05, 4.69) is 63.2 Å². The average molecular weight is 346 g/mol. The summed E-state index contributed by atoms with van der Waals surface area (Å²) in [6.07, 6.45) is 4.10. The van der Waals surface area contributed by atoms with Crippen LogP contribution in [0.2, 0.25) is 0 Å². The van der Waals surface area contributed by atoms with E-state index in [0.29, 0.717) is 0 Å². The van der Waals surface area contributed by atoms with Crippen molar-refractivity contribution in [3.8, 4) is 5.69 Å². The summed E-state index contributed by atoms with van der Waals surface area (Å²) in [5.74, 6) is 0. The molecule has 4 aromatic rings. The number of hydrogen-bond donors (Lipinski definition) is 0. The lowest BCUT2D eigenvalue weighted by molar-refractivity contribution is 0.0344. The summed E-state index contributed by atoms with van der Waals surface area (Å²) in [4.78, 5) is 2.47. The first kappa shape index (κ1) is 15.6. The highest BCUT2D eigenvalue weighted by Gasteiger charge is 2.14. The van der Waals surface area contributed by atoms with Crippen LogP contribution in [0.1, 0.15) is 5.56 Å². The normalized spacial score (nSPS) is 15.9. The molecule has 132 valence electrons. The van der Waals surface area contributed by atoms with Crippen molar-refractivity contribution in [3.05, 3.63) is 60.4 Å². The van der Waals surface area contributed by atoms with E-state index < -0.39 is 0 Å². The summed E-state index contributed by atoms with van der Waals surface area (Å²) < 4.78 is 9.65. The zero-order chi connectivity index (χ0) is 17.5. The third kappa shape index (κ3) is 2.60. The van der Waals surface area contributed by atoms with Crippen molar-refractivity contribution in [3.63, 3.8) is 0 Å². The predicted molar refractivity (Wildman–Crippen MR) is 104 cm³/mol. The van der Waals surface area contributed by atoms with Gasteiger partial charge in [-0.25, -0.2) is 0 Å². The zero-order valence-electron chi connectivity index (χ0n) is 14.9. The summed E-state index contributed by atoms with van der Waals surface area (Å²) in [5.41, 5.74) is 4.95. The van der Waals surface area contributed by atoms with Gasteiger partial charge in [0.15, 0.2) is 0 Å². The van der Waals surface area contributed by atoms with Gasteiger partial charge in [-0.3, -0.25) is 9.58 Å². The summed E-state index contributed by atoms with van der Waals surface area (Å²) in [6.45, 7) is 4.67. The van der Waals surface area contributed by atoms with Crippen LogP contribution in [0.25, 0.3) is 27.5 Å². The molecule has 0 spiro atoms. The van der Waals surface area contributed by atoms with Gasteiger partial charge in [-0.1, -0.05) is 12.1 Å². The summed E-state index contributed by atoms with van der Waals surface area (Å²) in [7, 11) is 1.98. The van der Waals surface area contributed by atoms with Gasteiger partial charge >= 0.3 is 0 Å². The molecule has 26 heavy (non-hydrogen) atoms. The van der Waals surface area contributed by atoms with Crippen LogP contribution in [0.15, 0.2) is 54.9 Å². The second-order valence-electron chi connectivity index (χ2n) is 6.94. The lowest BCUT2D eigenvalue weighted by Crippen LogP contribution is -2.35. The minimum absolute atomic E-state index is 0.835. The molecule has 1 fully saturated rings. The first-order valence-electron chi connectivity index (χ1n) is 9.11. The molecule has 2 aromatic heterocycles. The fourth-order valence-electron chi connectivity index (χ4n) is 3.90. The molecule has 0 bridgehead atoms. The molecule has 5 rings (SSSR count). The van der Waals surface area contributed by atoms with Crippen LogP contribution in [-0.4, -0.2) is 45.6 Å². The van der Waals surface area contributed by atoms with E-state index in [-0.39, 0.29) is 0 Å². The van der Waals surface area contributed by atoms with Gasteiger partial charge in [-0.15, -0.1) is 0 Å². The van der Waals surface area contributed by atoms with Crippen molar-refractivity contribution >= 4 is 21.8 Å². The average Bonchev–Trinajstić information content (AvgIpc) is 3.27. The highest BCUT2D eigenvalue weighted by Crippen LogP contribution is 2.26. The van der Waals surface area contributed by atoms with Gasteiger partial charge in [0, 0.05) is 49.3 Å². The maximum absolute atomic E-state index is 5.47. The van der Waals surface area contributed by atoms with E-state index in [9.17, 15) is 0 Å². The van der Waals surface area contributed by atoms with E-state index in [4.69, 9.17) is 4.74 Å². The van der Waals surface area contributed by atoms with Crippen LogP contribution in [-0.2, 0) is 18.3 Å². The molecule has 0 amide bonds. The van der Waals surface area contributed by atoms with Crippen molar-refractivity contribution in [2.24, 2.45) is 7.05 Å². The standard InChI is InChI=1S/C21H22N4O/c1-23-20-6-5-18(13-17(20)14-22-23)25-8-7-19-16(3-2-4-21(19)25)15-24-9-11-26-12-10-24/h2-8,13-14H,9-12,15H2,1H3. The SMILES string of the molecule is Cn1ncc2cc(-n3ccc4c(CN5CCOCC5)cccc43)ccc21. The van der Waals surface area contributed by atoms with Crippen molar-refractivity contribution in [1.82, 2.24) is 19.2 Å². The van der Waals surface area contributed by atoms with Crippen LogP contribution in [0.4, 0.5) is 0 Å². The first-order valence-corrected chi connectivity index (χ1v) is 9.11. The molecule has 1 aliphatic heterocycles. The third-order valence-electron chi connectivity index (χ3n) is 5.33. The smallest absolute Gasteiger partial charge is 0.0680 e. The fraction of sp³-hybridized carbons (Fsp3) is 0.286. The van der Waals surface area contributed by atoms with Gasteiger partial charge in [-0.2, -0.15) is 5.10 Å². The van der Waals surface area contributed by atoms with E-state index >= 15 is 0 Å². The summed E-state index contributed by atoms with van der Waals surface area (Å²) >= 11 is 0. The number of rotatable bonds is 3. The van der Waals surface area contributed by atoms with Crippen LogP contribution in [0.5, 0.6) is 0 Å². The minimum Gasteiger partial charge on any atom is -0.379 e. The number of hydrogen-bond acceptors (Lipinski definition) is 3. The van der Waals surface area contributed by atoms with E-state index in [1.807, 2.05) is 17.9 Å². The molecule has 0 radical (unpaired) electrons. The van der Waals surface area contributed by atoms with Crippen LogP contribution in [0.3, 0.4) is 0 Å². The number of aromatic nitrogens is 3. The molecule has 0 unspecified atom stereocenters. The van der Waals surface area contributed by atoms with Crippen molar-refractivity contribution in [2.45, 2.75) is 6.54 Å². The largest absolute Gasteiger partial charge is 0.379 e. The third-order valence-corrected chi connectivity index (χ3v) is 5.33. The van der Waals surface area contributed by atoms with E-state index in [1.54, 1.807) is 0 Å². The Morgan fingerprint density at radius 2 is 1.92 bits per heavy atom. The number of nitrogens with zero attached hydrogens (tertiary/aromatic N) is 4. The Morgan fingerprint density at radius 3 is 2.81 bits per heavy atom. The fourth-order valence-corrected chi connectivity index (χ4v) is 3.90. The molecule has 0 N–H and O–H groups in total. The molecular formula is C21H22N4O. The maximum atomic E-state index is 5.47. The Morgan fingerprint density at radius 1 is 1.04 bits per heavy atom. The number of ether oxygens (including phenoxy) is 1. The number of fused-ring (bicyclic) bond motifs is 2. The van der Waals surface area contributed by atoms with Crippen LogP contribution >= 0.6 is 0 Å². The van der Waals surface area contributed by atoms with Crippen molar-refractivity contribution in [1.29, 1.82) is 0 Å². The Bertz CT molecular complexity index is 1070. The second kappa shape index (κ2) is 6.27. The molecule has 1 saturated heterocycles. The number of benzene rings is 2. The number of aryl methyl sites for hydroxylation is 1. The van der Waals surface area contributed by atoms with Crippen molar-refractivity contribution in [2.75, 3.05) is 26.3 Å². The highest BCUT2D eigenvalue weighted by molar-refractivity contribution is 5.87. The second-order valence-corrected chi connectivity index (χ2v) is 6.94. The van der Waals surface area contributed by atoms with Gasteiger partial charge in [-0.05, 0) is 35.9 Å². The zero-order valence-corrected chi connectivity index (χ0v) is 14.9. The van der Waals surface area contributed by atoms with Gasteiger partial charge < -0.3 is 9.30 Å². The van der Waals surface area contributed by atoms with E-state index in [1.165, 1.54) is 22.2 Å². The lowest BCUT2D eigenvalue weighted by Gasteiger charge is -2.26. The van der Waals surface area contributed by atoms with E-state index in [0.717, 1.165) is 43.8 Å². The molecule has 1 aliphatic rings. The van der Waals surface area contributed by atoms with Gasteiger partial charge in [0.25, 0.3) is 0 Å². The Labute approximate surface area is 152 Å². The Balaban J connectivity index is 1.55. The molecule has 3 heterocycles. The summed E-state index contributed by atoms with van der Waals surface area (Å²) in [5, 5.41) is 6.84. The van der Waals surface area contributed by atoms with Crippen LogP contribution in [0, 0.1) is 0 Å². The molecule has 0 atom stereocenters. The molecule has 2 aromatic carbocycles. The monoisotopic (exact) mass is 346 g/mol. The summed E-state index contributed by atoms with van der Waals surface area (Å²) in [6, 6.07) is 15.4. The maximum Gasteiger partial charge on any atom is 0.0680 e. The molecule has 0 aliphatic carbocycles. The molecule has 5 nitrogen and oxygen atoms in total. The lowest BCUT2D eigenvalue weighted by atomic mass is 10.1. The Hall–Kier alpha value is -2.63. The highest BCUT2D eigenvalue weighted by atomic mass is 16.5. The molecule has 5 heteroatoms. The van der Waals surface area contributed by atoms with Gasteiger partial charge in [0.2, 0.25) is 0 Å². The van der Waals surface area contributed by atoms with Gasteiger partial charge in [0.05, 0.1) is 30.4 Å². The Kier molecular flexibility index (Phi) is 3.76. The van der Waals surface area contributed by atoms with Gasteiger partial charge in [0.1, 0.15) is 0 Å². The van der Waals surface area contributed by atoms with Crippen LogP contribution < -0.4 is 0 Å². The topological polar surface area (TPSA) is 35.2 Å². The molecular weight excluding hydrogens is 324 g/mol. The quantitative estimate of drug-likeness (QED) is 0.571. The molecule has 0 saturated carbocycles. The number of morpholine rings is 1.